The highest BCUT2D eigenvalue weighted by Gasteiger charge is 2.07. The van der Waals surface area contributed by atoms with E-state index in [1.54, 1.807) is 31.5 Å². The fourth-order valence-electron chi connectivity index (χ4n) is 1.27. The zero-order valence-electron chi connectivity index (χ0n) is 8.21. The maximum absolute atomic E-state index is 9.12. The Hall–Kier alpha value is -2.10. The van der Waals surface area contributed by atoms with Crippen molar-refractivity contribution in [1.29, 1.82) is 0 Å². The largest absolute Gasteiger partial charge is 0.506 e. The van der Waals surface area contributed by atoms with Crippen molar-refractivity contribution in [2.45, 2.75) is 0 Å². The van der Waals surface area contributed by atoms with Crippen LogP contribution in [0.4, 0.5) is 0 Å². The molecule has 1 N–H and O–H groups in total. The topological polar surface area (TPSA) is 55.2 Å². The molecule has 2 aromatic rings. The summed E-state index contributed by atoms with van der Waals surface area (Å²) in [5.74, 6) is 0.796. The molecule has 0 aliphatic carbocycles. The van der Waals surface area contributed by atoms with Gasteiger partial charge in [-0.3, -0.25) is 9.97 Å². The number of ether oxygens (including phenoxy) is 1. The molecule has 0 bridgehead atoms. The molecule has 0 fully saturated rings. The second kappa shape index (κ2) is 3.96. The first-order valence-corrected chi connectivity index (χ1v) is 4.45. The summed E-state index contributed by atoms with van der Waals surface area (Å²) in [5, 5.41) is 9.12. The Balaban J connectivity index is 2.49. The van der Waals surface area contributed by atoms with E-state index in [4.69, 9.17) is 9.84 Å². The van der Waals surface area contributed by atoms with Gasteiger partial charge in [-0.15, -0.1) is 0 Å². The number of methoxy groups -OCH3 is 1. The molecule has 0 aromatic carbocycles. The molecule has 0 atom stereocenters. The molecule has 0 unspecified atom stereocenters. The molecule has 4 nitrogen and oxygen atoms in total. The maximum atomic E-state index is 9.12. The molecule has 15 heavy (non-hydrogen) atoms. The van der Waals surface area contributed by atoms with Crippen LogP contribution in [-0.2, 0) is 0 Å². The minimum atomic E-state index is 0.133. The molecule has 0 spiro atoms. The third kappa shape index (κ3) is 1.88. The van der Waals surface area contributed by atoms with Gasteiger partial charge >= 0.3 is 0 Å². The first-order chi connectivity index (χ1) is 7.31. The normalized spacial score (nSPS) is 9.93. The van der Waals surface area contributed by atoms with Gasteiger partial charge in [0.05, 0.1) is 19.0 Å². The fraction of sp³-hybridized carbons (Fsp3) is 0.0909. The Labute approximate surface area is 87.2 Å². The molecule has 0 saturated heterocycles. The molecule has 2 rings (SSSR count). The van der Waals surface area contributed by atoms with Crippen LogP contribution >= 0.6 is 0 Å². The Kier molecular flexibility index (Phi) is 2.49. The lowest BCUT2D eigenvalue weighted by Gasteiger charge is -2.05. The predicted octanol–water partition coefficient (Wildman–Crippen LogP) is 1.86. The lowest BCUT2D eigenvalue weighted by atomic mass is 10.2. The van der Waals surface area contributed by atoms with E-state index in [1.165, 1.54) is 6.20 Å². The highest BCUT2D eigenvalue weighted by molar-refractivity contribution is 5.62. The van der Waals surface area contributed by atoms with Crippen molar-refractivity contribution in [2.75, 3.05) is 7.11 Å². The Bertz CT molecular complexity index is 454. The van der Waals surface area contributed by atoms with Crippen LogP contribution in [0.5, 0.6) is 11.5 Å². The van der Waals surface area contributed by atoms with Gasteiger partial charge in [0.1, 0.15) is 17.2 Å². The van der Waals surface area contributed by atoms with Gasteiger partial charge in [-0.1, -0.05) is 0 Å². The number of rotatable bonds is 2. The lowest BCUT2D eigenvalue weighted by molar-refractivity contribution is 0.414. The van der Waals surface area contributed by atoms with Crippen molar-refractivity contribution in [1.82, 2.24) is 9.97 Å². The van der Waals surface area contributed by atoms with Gasteiger partial charge in [-0.2, -0.15) is 0 Å². The smallest absolute Gasteiger partial charge is 0.146 e. The summed E-state index contributed by atoms with van der Waals surface area (Å²) in [4.78, 5) is 8.24. The number of hydrogen-bond donors (Lipinski definition) is 1. The molecule has 2 aromatic heterocycles. The van der Waals surface area contributed by atoms with Gasteiger partial charge in [0.15, 0.2) is 0 Å². The van der Waals surface area contributed by atoms with Crippen molar-refractivity contribution in [3.8, 4) is 22.9 Å². The van der Waals surface area contributed by atoms with Crippen molar-refractivity contribution in [3.05, 3.63) is 36.7 Å². The van der Waals surface area contributed by atoms with Gasteiger partial charge in [-0.05, 0) is 24.3 Å². The first-order valence-electron chi connectivity index (χ1n) is 4.45. The summed E-state index contributed by atoms with van der Waals surface area (Å²) in [6.07, 6.45) is 3.05. The van der Waals surface area contributed by atoms with Gasteiger partial charge in [-0.25, -0.2) is 0 Å². The van der Waals surface area contributed by atoms with E-state index in [9.17, 15) is 0 Å². The summed E-state index contributed by atoms with van der Waals surface area (Å²) in [7, 11) is 1.58. The van der Waals surface area contributed by atoms with E-state index in [0.29, 0.717) is 17.1 Å². The fourth-order valence-corrected chi connectivity index (χ4v) is 1.27. The van der Waals surface area contributed by atoms with E-state index >= 15 is 0 Å². The number of pyridine rings is 2. The van der Waals surface area contributed by atoms with Crippen LogP contribution in [0.1, 0.15) is 0 Å². The van der Waals surface area contributed by atoms with Crippen LogP contribution in [0.15, 0.2) is 36.7 Å². The predicted molar refractivity (Wildman–Crippen MR) is 55.7 cm³/mol. The molecule has 0 aliphatic heterocycles. The molecule has 2 heterocycles. The second-order valence-electron chi connectivity index (χ2n) is 2.96. The van der Waals surface area contributed by atoms with Crippen molar-refractivity contribution in [2.24, 2.45) is 0 Å². The molecule has 0 aliphatic rings. The Morgan fingerprint density at radius 1 is 1.20 bits per heavy atom. The van der Waals surface area contributed by atoms with E-state index in [-0.39, 0.29) is 5.75 Å². The highest BCUT2D eigenvalue weighted by Crippen LogP contribution is 2.25. The molecule has 0 amide bonds. The Morgan fingerprint density at radius 2 is 2.07 bits per heavy atom. The van der Waals surface area contributed by atoms with Gasteiger partial charge in [0.2, 0.25) is 0 Å². The zero-order chi connectivity index (χ0) is 10.7. The minimum absolute atomic E-state index is 0.133. The van der Waals surface area contributed by atoms with Gasteiger partial charge in [0.25, 0.3) is 0 Å². The number of aromatic nitrogens is 2. The molecule has 0 radical (unpaired) electrons. The van der Waals surface area contributed by atoms with Gasteiger partial charge in [0, 0.05) is 6.20 Å². The SMILES string of the molecule is COc1cccnc1-c1ccc(O)cn1. The minimum Gasteiger partial charge on any atom is -0.506 e. The quantitative estimate of drug-likeness (QED) is 0.807. The summed E-state index contributed by atoms with van der Waals surface area (Å²) in [5.41, 5.74) is 1.34. The summed E-state index contributed by atoms with van der Waals surface area (Å²) < 4.78 is 5.16. The molecule has 76 valence electrons. The van der Waals surface area contributed by atoms with E-state index < -0.39 is 0 Å². The number of nitrogens with zero attached hydrogens (tertiary/aromatic N) is 2. The zero-order valence-corrected chi connectivity index (χ0v) is 8.21. The van der Waals surface area contributed by atoms with E-state index in [2.05, 4.69) is 9.97 Å². The van der Waals surface area contributed by atoms with Crippen molar-refractivity contribution < 1.29 is 9.84 Å². The highest BCUT2D eigenvalue weighted by atomic mass is 16.5. The summed E-state index contributed by atoms with van der Waals surface area (Å²) >= 11 is 0. The van der Waals surface area contributed by atoms with Crippen LogP contribution in [0.2, 0.25) is 0 Å². The molecule has 4 heteroatoms. The molecule has 0 saturated carbocycles. The van der Waals surface area contributed by atoms with E-state index in [1.807, 2.05) is 6.07 Å². The average Bonchev–Trinajstić information content (AvgIpc) is 2.30. The summed E-state index contributed by atoms with van der Waals surface area (Å²) in [6, 6.07) is 6.87. The molecular formula is C11H10N2O2. The van der Waals surface area contributed by atoms with Crippen LogP contribution in [0.25, 0.3) is 11.4 Å². The lowest BCUT2D eigenvalue weighted by Crippen LogP contribution is -1.92. The standard InChI is InChI=1S/C11H10N2O2/c1-15-10-3-2-6-12-11(10)9-5-4-8(14)7-13-9/h2-7,14H,1H3. The summed E-state index contributed by atoms with van der Waals surface area (Å²) in [6.45, 7) is 0. The van der Waals surface area contributed by atoms with Crippen LogP contribution in [0.3, 0.4) is 0 Å². The Morgan fingerprint density at radius 3 is 2.73 bits per heavy atom. The maximum Gasteiger partial charge on any atom is 0.146 e. The van der Waals surface area contributed by atoms with E-state index in [0.717, 1.165) is 0 Å². The van der Waals surface area contributed by atoms with Crippen molar-refractivity contribution >= 4 is 0 Å². The number of aromatic hydroxyl groups is 1. The third-order valence-corrected chi connectivity index (χ3v) is 1.98. The number of hydrogen-bond acceptors (Lipinski definition) is 4. The van der Waals surface area contributed by atoms with Gasteiger partial charge < -0.3 is 9.84 Å². The second-order valence-corrected chi connectivity index (χ2v) is 2.96. The third-order valence-electron chi connectivity index (χ3n) is 1.98. The van der Waals surface area contributed by atoms with Crippen LogP contribution in [0, 0.1) is 0 Å². The molecular weight excluding hydrogens is 192 g/mol. The van der Waals surface area contributed by atoms with Crippen LogP contribution < -0.4 is 4.74 Å². The van der Waals surface area contributed by atoms with Crippen LogP contribution in [-0.4, -0.2) is 22.2 Å². The van der Waals surface area contributed by atoms with Crippen molar-refractivity contribution in [3.63, 3.8) is 0 Å². The first kappa shape index (κ1) is 9.45. The monoisotopic (exact) mass is 202 g/mol. The average molecular weight is 202 g/mol.